The number of nitrogens with one attached hydrogen (secondary N) is 1. The van der Waals surface area contributed by atoms with Gasteiger partial charge in [-0.3, -0.25) is 4.98 Å². The highest BCUT2D eigenvalue weighted by atomic mass is 32.1. The van der Waals surface area contributed by atoms with Crippen molar-refractivity contribution in [3.8, 4) is 0 Å². The number of thiazole rings is 1. The average molecular weight is 246 g/mol. The molecule has 1 atom stereocenters. The van der Waals surface area contributed by atoms with Gasteiger partial charge in [0, 0.05) is 17.1 Å². The van der Waals surface area contributed by atoms with E-state index in [1.54, 1.807) is 11.3 Å². The molecule has 1 N–H and O–H groups in total. The van der Waals surface area contributed by atoms with Crippen LogP contribution < -0.4 is 5.32 Å². The van der Waals surface area contributed by atoms with Crippen molar-refractivity contribution in [2.45, 2.75) is 25.8 Å². The van der Waals surface area contributed by atoms with Crippen LogP contribution in [0.25, 0.3) is 0 Å². The molecule has 2 rings (SSSR count). The van der Waals surface area contributed by atoms with Gasteiger partial charge >= 0.3 is 0 Å². The van der Waals surface area contributed by atoms with Crippen LogP contribution in [0.3, 0.4) is 0 Å². The summed E-state index contributed by atoms with van der Waals surface area (Å²) in [5, 5.41) is 3.55. The van der Waals surface area contributed by atoms with Gasteiger partial charge < -0.3 is 5.32 Å². The van der Waals surface area contributed by atoms with Gasteiger partial charge in [-0.1, -0.05) is 37.3 Å². The Hall–Kier alpha value is -1.19. The maximum Gasteiger partial charge on any atom is 0.0794 e. The van der Waals surface area contributed by atoms with Crippen LogP contribution in [0.2, 0.25) is 0 Å². The molecule has 17 heavy (non-hydrogen) atoms. The highest BCUT2D eigenvalue weighted by molar-refractivity contribution is 7.09. The van der Waals surface area contributed by atoms with E-state index in [2.05, 4.69) is 47.6 Å². The molecule has 2 aromatic rings. The summed E-state index contributed by atoms with van der Waals surface area (Å²) < 4.78 is 0. The molecule has 0 bridgehead atoms. The van der Waals surface area contributed by atoms with Crippen LogP contribution in [-0.4, -0.2) is 17.6 Å². The summed E-state index contributed by atoms with van der Waals surface area (Å²) in [7, 11) is 0. The van der Waals surface area contributed by atoms with Crippen molar-refractivity contribution in [1.29, 1.82) is 0 Å². The third-order valence-electron chi connectivity index (χ3n) is 2.75. The Bertz CT molecular complexity index is 411. The lowest BCUT2D eigenvalue weighted by Crippen LogP contribution is -2.32. The van der Waals surface area contributed by atoms with E-state index in [9.17, 15) is 0 Å². The molecule has 1 aromatic carbocycles. The summed E-state index contributed by atoms with van der Waals surface area (Å²) >= 11 is 1.74. The fourth-order valence-corrected chi connectivity index (χ4v) is 2.67. The van der Waals surface area contributed by atoms with Crippen molar-refractivity contribution in [1.82, 2.24) is 10.3 Å². The fourth-order valence-electron chi connectivity index (χ4n) is 1.99. The van der Waals surface area contributed by atoms with E-state index < -0.39 is 0 Å². The topological polar surface area (TPSA) is 24.9 Å². The smallest absolute Gasteiger partial charge is 0.0794 e. The molecule has 0 aliphatic carbocycles. The molecule has 0 saturated heterocycles. The summed E-state index contributed by atoms with van der Waals surface area (Å²) in [6, 6.07) is 11.2. The number of likely N-dealkylation sites (N-methyl/N-ethyl adjacent to an activating group) is 1. The lowest BCUT2D eigenvalue weighted by Gasteiger charge is -2.17. The third-order valence-corrected chi connectivity index (χ3v) is 3.55. The highest BCUT2D eigenvalue weighted by Crippen LogP contribution is 2.12. The van der Waals surface area contributed by atoms with Gasteiger partial charge in [-0.15, -0.1) is 11.3 Å². The number of hydrogen-bond donors (Lipinski definition) is 1. The molecule has 0 radical (unpaired) electrons. The highest BCUT2D eigenvalue weighted by Gasteiger charge is 2.10. The van der Waals surface area contributed by atoms with E-state index in [-0.39, 0.29) is 0 Å². The van der Waals surface area contributed by atoms with Crippen molar-refractivity contribution >= 4 is 11.3 Å². The number of rotatable bonds is 6. The first-order valence-corrected chi connectivity index (χ1v) is 6.91. The zero-order valence-electron chi connectivity index (χ0n) is 10.1. The van der Waals surface area contributed by atoms with E-state index in [1.807, 2.05) is 11.7 Å². The summed E-state index contributed by atoms with van der Waals surface area (Å²) in [5.74, 6) is 0. The fraction of sp³-hybridized carbons (Fsp3) is 0.357. The summed E-state index contributed by atoms with van der Waals surface area (Å²) in [6.45, 7) is 3.17. The van der Waals surface area contributed by atoms with E-state index >= 15 is 0 Å². The Morgan fingerprint density at radius 2 is 2.06 bits per heavy atom. The number of hydrogen-bond acceptors (Lipinski definition) is 3. The molecular formula is C14H18N2S. The second-order valence-electron chi connectivity index (χ2n) is 4.12. The molecule has 0 saturated carbocycles. The minimum absolute atomic E-state index is 0.503. The third kappa shape index (κ3) is 3.95. The van der Waals surface area contributed by atoms with Gasteiger partial charge in [0.2, 0.25) is 0 Å². The quantitative estimate of drug-likeness (QED) is 0.847. The Kier molecular flexibility index (Phi) is 4.71. The Labute approximate surface area is 107 Å². The monoisotopic (exact) mass is 246 g/mol. The van der Waals surface area contributed by atoms with Gasteiger partial charge in [-0.25, -0.2) is 0 Å². The Morgan fingerprint density at radius 3 is 2.71 bits per heavy atom. The van der Waals surface area contributed by atoms with Gasteiger partial charge in [0.05, 0.1) is 5.51 Å². The lowest BCUT2D eigenvalue weighted by atomic mass is 10.0. The molecule has 1 aromatic heterocycles. The van der Waals surface area contributed by atoms with E-state index in [1.165, 1.54) is 10.4 Å². The van der Waals surface area contributed by atoms with E-state index in [4.69, 9.17) is 0 Å². The summed E-state index contributed by atoms with van der Waals surface area (Å²) in [6.07, 6.45) is 4.11. The van der Waals surface area contributed by atoms with Crippen LogP contribution in [0.4, 0.5) is 0 Å². The normalized spacial score (nSPS) is 12.5. The Balaban J connectivity index is 1.97. The second kappa shape index (κ2) is 6.52. The summed E-state index contributed by atoms with van der Waals surface area (Å²) in [4.78, 5) is 5.49. The average Bonchev–Trinajstić information content (AvgIpc) is 2.83. The SMILES string of the molecule is CCNC(Cc1ccccc1)Cc1cncs1. The van der Waals surface area contributed by atoms with Crippen LogP contribution in [0, 0.1) is 0 Å². The number of benzene rings is 1. The first-order chi connectivity index (χ1) is 8.38. The maximum atomic E-state index is 4.13. The molecule has 1 heterocycles. The minimum atomic E-state index is 0.503. The predicted molar refractivity (Wildman–Crippen MR) is 73.4 cm³/mol. The van der Waals surface area contributed by atoms with Crippen molar-refractivity contribution in [3.05, 3.63) is 52.5 Å². The molecule has 2 nitrogen and oxygen atoms in total. The van der Waals surface area contributed by atoms with Crippen molar-refractivity contribution in [3.63, 3.8) is 0 Å². The van der Waals surface area contributed by atoms with Crippen molar-refractivity contribution in [2.24, 2.45) is 0 Å². The summed E-state index contributed by atoms with van der Waals surface area (Å²) in [5.41, 5.74) is 3.30. The van der Waals surface area contributed by atoms with Crippen LogP contribution in [-0.2, 0) is 12.8 Å². The van der Waals surface area contributed by atoms with Gasteiger partial charge in [-0.2, -0.15) is 0 Å². The van der Waals surface area contributed by atoms with E-state index in [0.717, 1.165) is 19.4 Å². The number of aromatic nitrogens is 1. The predicted octanol–water partition coefficient (Wildman–Crippen LogP) is 2.91. The number of nitrogens with zero attached hydrogens (tertiary/aromatic N) is 1. The second-order valence-corrected chi connectivity index (χ2v) is 5.09. The molecule has 0 fully saturated rings. The molecule has 0 spiro atoms. The molecule has 1 unspecified atom stereocenters. The van der Waals surface area contributed by atoms with Crippen LogP contribution in [0.5, 0.6) is 0 Å². The van der Waals surface area contributed by atoms with Gasteiger partial charge in [-0.05, 0) is 24.9 Å². The lowest BCUT2D eigenvalue weighted by molar-refractivity contribution is 0.524. The van der Waals surface area contributed by atoms with Crippen molar-refractivity contribution < 1.29 is 0 Å². The maximum absolute atomic E-state index is 4.13. The molecule has 90 valence electrons. The van der Waals surface area contributed by atoms with Gasteiger partial charge in [0.1, 0.15) is 0 Å². The first-order valence-electron chi connectivity index (χ1n) is 6.03. The first kappa shape index (κ1) is 12.3. The Morgan fingerprint density at radius 1 is 1.24 bits per heavy atom. The zero-order valence-corrected chi connectivity index (χ0v) is 10.9. The van der Waals surface area contributed by atoms with Crippen LogP contribution in [0.15, 0.2) is 42.0 Å². The van der Waals surface area contributed by atoms with Gasteiger partial charge in [0.15, 0.2) is 0 Å². The largest absolute Gasteiger partial charge is 0.314 e. The van der Waals surface area contributed by atoms with E-state index in [0.29, 0.717) is 6.04 Å². The molecule has 3 heteroatoms. The zero-order chi connectivity index (χ0) is 11.9. The molecule has 0 aliphatic heterocycles. The van der Waals surface area contributed by atoms with Crippen LogP contribution >= 0.6 is 11.3 Å². The minimum Gasteiger partial charge on any atom is -0.314 e. The van der Waals surface area contributed by atoms with Gasteiger partial charge in [0.25, 0.3) is 0 Å². The molecular weight excluding hydrogens is 228 g/mol. The van der Waals surface area contributed by atoms with Crippen LogP contribution in [0.1, 0.15) is 17.4 Å². The standard InChI is InChI=1S/C14H18N2S/c1-2-16-13(9-14-10-15-11-17-14)8-12-6-4-3-5-7-12/h3-7,10-11,13,16H,2,8-9H2,1H3. The van der Waals surface area contributed by atoms with Crippen molar-refractivity contribution in [2.75, 3.05) is 6.54 Å². The molecule has 0 aliphatic rings. The molecule has 0 amide bonds.